The molecule has 1 aromatic rings. The number of nitrogens with two attached hydrogens (primary N) is 1. The van der Waals surface area contributed by atoms with Crippen LogP contribution in [0.1, 0.15) is 44.6 Å². The van der Waals surface area contributed by atoms with Crippen LogP contribution >= 0.6 is 15.9 Å². The van der Waals surface area contributed by atoms with Gasteiger partial charge in [0.2, 0.25) is 0 Å². The molecular weight excluding hydrogens is 262 g/mol. The van der Waals surface area contributed by atoms with E-state index in [9.17, 15) is 0 Å². The van der Waals surface area contributed by atoms with E-state index in [1.54, 1.807) is 0 Å². The molecule has 0 aliphatic heterocycles. The Kier molecular flexibility index (Phi) is 3.70. The van der Waals surface area contributed by atoms with E-state index in [1.165, 1.54) is 37.7 Å². The molecule has 1 fully saturated rings. The summed E-state index contributed by atoms with van der Waals surface area (Å²) in [7, 11) is 0. The zero-order chi connectivity index (χ0) is 11.6. The van der Waals surface area contributed by atoms with Crippen molar-refractivity contribution in [2.24, 2.45) is 11.7 Å². The summed E-state index contributed by atoms with van der Waals surface area (Å²) in [6.45, 7) is 2.19. The van der Waals surface area contributed by atoms with E-state index in [0.717, 1.165) is 4.47 Å². The molecule has 1 aliphatic carbocycles. The lowest BCUT2D eigenvalue weighted by Crippen LogP contribution is -2.42. The van der Waals surface area contributed by atoms with Gasteiger partial charge in [0.05, 0.1) is 0 Å². The predicted octanol–water partition coefficient (Wildman–Crippen LogP) is 4.20. The number of hydrogen-bond donors (Lipinski definition) is 1. The van der Waals surface area contributed by atoms with Gasteiger partial charge in [0.15, 0.2) is 0 Å². The van der Waals surface area contributed by atoms with Gasteiger partial charge >= 0.3 is 0 Å². The van der Waals surface area contributed by atoms with Crippen LogP contribution in [-0.2, 0) is 5.54 Å². The van der Waals surface area contributed by atoms with Gasteiger partial charge in [0.1, 0.15) is 0 Å². The Morgan fingerprint density at radius 1 is 1.12 bits per heavy atom. The van der Waals surface area contributed by atoms with Gasteiger partial charge in [-0.3, -0.25) is 0 Å². The van der Waals surface area contributed by atoms with Crippen molar-refractivity contribution < 1.29 is 0 Å². The van der Waals surface area contributed by atoms with Crippen molar-refractivity contribution in [1.82, 2.24) is 0 Å². The van der Waals surface area contributed by atoms with Crippen LogP contribution < -0.4 is 5.73 Å². The van der Waals surface area contributed by atoms with E-state index in [1.807, 2.05) is 0 Å². The quantitative estimate of drug-likeness (QED) is 0.864. The molecule has 0 aromatic heterocycles. The average Bonchev–Trinajstić information content (AvgIpc) is 2.31. The number of hydrogen-bond acceptors (Lipinski definition) is 1. The SMILES string of the molecule is CC(N)(c1ccc(Br)cc1)C1CCCCC1. The first-order valence-electron chi connectivity index (χ1n) is 6.15. The first kappa shape index (κ1) is 12.1. The molecule has 1 unspecified atom stereocenters. The molecule has 88 valence electrons. The van der Waals surface area contributed by atoms with Crippen LogP contribution in [0.5, 0.6) is 0 Å². The molecule has 1 atom stereocenters. The predicted molar refractivity (Wildman–Crippen MR) is 72.3 cm³/mol. The summed E-state index contributed by atoms with van der Waals surface area (Å²) in [6, 6.07) is 8.48. The topological polar surface area (TPSA) is 26.0 Å². The van der Waals surface area contributed by atoms with Gasteiger partial charge in [-0.15, -0.1) is 0 Å². The van der Waals surface area contributed by atoms with Crippen LogP contribution in [0, 0.1) is 5.92 Å². The lowest BCUT2D eigenvalue weighted by Gasteiger charge is -2.37. The summed E-state index contributed by atoms with van der Waals surface area (Å²) in [4.78, 5) is 0. The summed E-state index contributed by atoms with van der Waals surface area (Å²) in [5.41, 5.74) is 7.65. The molecule has 0 saturated heterocycles. The fourth-order valence-electron chi connectivity index (χ4n) is 2.75. The Labute approximate surface area is 107 Å². The van der Waals surface area contributed by atoms with Crippen molar-refractivity contribution in [1.29, 1.82) is 0 Å². The molecule has 2 heteroatoms. The molecule has 1 aliphatic rings. The molecule has 2 N–H and O–H groups in total. The number of halogens is 1. The van der Waals surface area contributed by atoms with Crippen molar-refractivity contribution in [2.75, 3.05) is 0 Å². The van der Waals surface area contributed by atoms with Crippen molar-refractivity contribution in [2.45, 2.75) is 44.6 Å². The maximum Gasteiger partial charge on any atom is 0.0409 e. The zero-order valence-electron chi connectivity index (χ0n) is 9.88. The molecule has 0 spiro atoms. The minimum atomic E-state index is -0.166. The van der Waals surface area contributed by atoms with Crippen LogP contribution in [0.3, 0.4) is 0 Å². The van der Waals surface area contributed by atoms with Gasteiger partial charge in [0, 0.05) is 10.0 Å². The summed E-state index contributed by atoms with van der Waals surface area (Å²) in [5, 5.41) is 0. The van der Waals surface area contributed by atoms with Crippen molar-refractivity contribution in [3.8, 4) is 0 Å². The first-order valence-corrected chi connectivity index (χ1v) is 6.95. The third kappa shape index (κ3) is 2.49. The highest BCUT2D eigenvalue weighted by atomic mass is 79.9. The van der Waals surface area contributed by atoms with Crippen LogP contribution in [-0.4, -0.2) is 0 Å². The Hall–Kier alpha value is -0.340. The highest BCUT2D eigenvalue weighted by Crippen LogP contribution is 2.37. The van der Waals surface area contributed by atoms with E-state index in [-0.39, 0.29) is 5.54 Å². The van der Waals surface area contributed by atoms with Gasteiger partial charge in [-0.05, 0) is 43.4 Å². The molecule has 0 radical (unpaired) electrons. The smallest absolute Gasteiger partial charge is 0.0409 e. The molecule has 1 nitrogen and oxygen atoms in total. The second-order valence-corrected chi connectivity index (χ2v) is 6.04. The maximum absolute atomic E-state index is 6.55. The van der Waals surface area contributed by atoms with E-state index < -0.39 is 0 Å². The summed E-state index contributed by atoms with van der Waals surface area (Å²) in [6.07, 6.45) is 6.63. The molecule has 16 heavy (non-hydrogen) atoms. The van der Waals surface area contributed by atoms with E-state index in [4.69, 9.17) is 5.73 Å². The van der Waals surface area contributed by atoms with E-state index in [0.29, 0.717) is 5.92 Å². The van der Waals surface area contributed by atoms with Crippen LogP contribution in [0.4, 0.5) is 0 Å². The van der Waals surface area contributed by atoms with Gasteiger partial charge in [-0.1, -0.05) is 47.3 Å². The molecule has 0 amide bonds. The molecule has 0 heterocycles. The van der Waals surface area contributed by atoms with Gasteiger partial charge in [-0.2, -0.15) is 0 Å². The third-order valence-electron chi connectivity index (χ3n) is 3.92. The van der Waals surface area contributed by atoms with Crippen molar-refractivity contribution >= 4 is 15.9 Å². The molecule has 1 saturated carbocycles. The lowest BCUT2D eigenvalue weighted by atomic mass is 9.73. The van der Waals surface area contributed by atoms with Crippen LogP contribution in [0.2, 0.25) is 0 Å². The molecular formula is C14H20BrN. The van der Waals surface area contributed by atoms with Crippen LogP contribution in [0.25, 0.3) is 0 Å². The normalized spacial score (nSPS) is 21.7. The first-order chi connectivity index (χ1) is 7.60. The summed E-state index contributed by atoms with van der Waals surface area (Å²) >= 11 is 3.47. The van der Waals surface area contributed by atoms with Gasteiger partial charge < -0.3 is 5.73 Å². The van der Waals surface area contributed by atoms with E-state index in [2.05, 4.69) is 47.1 Å². The zero-order valence-corrected chi connectivity index (χ0v) is 11.5. The summed E-state index contributed by atoms with van der Waals surface area (Å²) in [5.74, 6) is 0.641. The maximum atomic E-state index is 6.55. The average molecular weight is 282 g/mol. The Bertz CT molecular complexity index is 336. The van der Waals surface area contributed by atoms with Gasteiger partial charge in [-0.25, -0.2) is 0 Å². The third-order valence-corrected chi connectivity index (χ3v) is 4.45. The van der Waals surface area contributed by atoms with Crippen molar-refractivity contribution in [3.05, 3.63) is 34.3 Å². The second-order valence-electron chi connectivity index (χ2n) is 5.12. The Morgan fingerprint density at radius 3 is 2.25 bits per heavy atom. The van der Waals surface area contributed by atoms with Crippen molar-refractivity contribution in [3.63, 3.8) is 0 Å². The minimum absolute atomic E-state index is 0.166. The lowest BCUT2D eigenvalue weighted by molar-refractivity contribution is 0.224. The monoisotopic (exact) mass is 281 g/mol. The molecule has 1 aromatic carbocycles. The Morgan fingerprint density at radius 2 is 1.69 bits per heavy atom. The number of benzene rings is 1. The molecule has 0 bridgehead atoms. The van der Waals surface area contributed by atoms with E-state index >= 15 is 0 Å². The standard InChI is InChI=1S/C14H20BrN/c1-14(16,11-5-3-2-4-6-11)12-7-9-13(15)10-8-12/h7-11H,2-6,16H2,1H3. The second kappa shape index (κ2) is 4.89. The highest BCUT2D eigenvalue weighted by Gasteiger charge is 2.32. The van der Waals surface area contributed by atoms with Gasteiger partial charge in [0.25, 0.3) is 0 Å². The van der Waals surface area contributed by atoms with Crippen LogP contribution in [0.15, 0.2) is 28.7 Å². The summed E-state index contributed by atoms with van der Waals surface area (Å²) < 4.78 is 1.12. The fraction of sp³-hybridized carbons (Fsp3) is 0.571. The Balaban J connectivity index is 2.19. The fourth-order valence-corrected chi connectivity index (χ4v) is 3.01. The highest BCUT2D eigenvalue weighted by molar-refractivity contribution is 9.10. The number of rotatable bonds is 2. The minimum Gasteiger partial charge on any atom is -0.321 e. The largest absolute Gasteiger partial charge is 0.321 e. The molecule has 2 rings (SSSR count).